The van der Waals surface area contributed by atoms with E-state index in [1.54, 1.807) is 0 Å². The molecule has 0 bridgehead atoms. The van der Waals surface area contributed by atoms with Gasteiger partial charge in [-0.05, 0) is 53.2 Å². The molecular weight excluding hydrogens is 438 g/mol. The molecule has 3 aromatic rings. The number of ether oxygens (including phenoxy) is 2. The molecule has 0 amide bonds. The quantitative estimate of drug-likeness (QED) is 0.367. The third kappa shape index (κ3) is 7.66. The highest BCUT2D eigenvalue weighted by molar-refractivity contribution is 5.65. The Morgan fingerprint density at radius 1 is 1.06 bits per heavy atom. The molecule has 190 valence electrons. The summed E-state index contributed by atoms with van der Waals surface area (Å²) in [5, 5.41) is 15.7. The summed E-state index contributed by atoms with van der Waals surface area (Å²) in [6.45, 7) is 13.8. The number of benzene rings is 2. The van der Waals surface area contributed by atoms with Gasteiger partial charge >= 0.3 is 0 Å². The Morgan fingerprint density at radius 3 is 2.31 bits per heavy atom. The maximum Gasteiger partial charge on any atom is 0.222 e. The Balaban J connectivity index is 1.95. The van der Waals surface area contributed by atoms with Gasteiger partial charge in [-0.3, -0.25) is 4.90 Å². The average molecular weight is 480 g/mol. The maximum absolute atomic E-state index is 10.8. The third-order valence-corrected chi connectivity index (χ3v) is 6.10. The molecule has 1 aromatic heterocycles. The Bertz CT molecular complexity index is 1060. The fraction of sp³-hybridized carbons (Fsp3) is 0.483. The molecule has 35 heavy (non-hydrogen) atoms. The van der Waals surface area contributed by atoms with Gasteiger partial charge < -0.3 is 14.6 Å². The minimum Gasteiger partial charge on any atom is -0.439 e. The van der Waals surface area contributed by atoms with E-state index in [0.29, 0.717) is 25.6 Å². The second-order valence-corrected chi connectivity index (χ2v) is 10.3. The molecule has 1 heterocycles. The van der Waals surface area contributed by atoms with Gasteiger partial charge in [0.15, 0.2) is 0 Å². The minimum atomic E-state index is -0.596. The van der Waals surface area contributed by atoms with Crippen LogP contribution in [0, 0.1) is 6.92 Å². The number of hydrogen-bond acceptors (Lipinski definition) is 5. The van der Waals surface area contributed by atoms with Crippen LogP contribution in [0.1, 0.15) is 52.2 Å². The number of aryl methyl sites for hydroxylation is 2. The summed E-state index contributed by atoms with van der Waals surface area (Å²) in [4.78, 5) is 2.29. The summed E-state index contributed by atoms with van der Waals surface area (Å²) in [7, 11) is 1.92. The van der Waals surface area contributed by atoms with Crippen LogP contribution in [0.3, 0.4) is 0 Å². The molecule has 2 atom stereocenters. The fourth-order valence-electron chi connectivity index (χ4n) is 3.90. The number of nitrogens with zero attached hydrogens (tertiary/aromatic N) is 3. The molecule has 1 N–H and O–H groups in total. The van der Waals surface area contributed by atoms with Crippen LogP contribution in [0.25, 0.3) is 11.3 Å². The van der Waals surface area contributed by atoms with Crippen LogP contribution in [0.2, 0.25) is 0 Å². The molecule has 0 saturated heterocycles. The zero-order valence-electron chi connectivity index (χ0n) is 22.3. The van der Waals surface area contributed by atoms with E-state index >= 15 is 0 Å². The summed E-state index contributed by atoms with van der Waals surface area (Å²) in [5.74, 6) is 1.48. The first kappa shape index (κ1) is 26.9. The zero-order chi connectivity index (χ0) is 25.6. The Kier molecular flexibility index (Phi) is 9.11. The standard InChI is InChI=1S/C29H41N3O3/c1-8-22(3)32(18-24(33)20-34-29(4,5)6)19-26-27(23-12-10-9-11-13-23)30-31(7)28(26)35-25-16-14-21(2)15-17-25/h9-17,22,24,33H,8,18-20H2,1-7H3/t22-,24-/m1/s1. The van der Waals surface area contributed by atoms with Gasteiger partial charge in [0.25, 0.3) is 0 Å². The highest BCUT2D eigenvalue weighted by atomic mass is 16.5. The molecule has 0 aliphatic rings. The monoisotopic (exact) mass is 479 g/mol. The summed E-state index contributed by atoms with van der Waals surface area (Å²) >= 11 is 0. The number of rotatable bonds is 11. The van der Waals surface area contributed by atoms with Crippen LogP contribution in [-0.4, -0.2) is 50.7 Å². The van der Waals surface area contributed by atoms with E-state index in [9.17, 15) is 5.11 Å². The largest absolute Gasteiger partial charge is 0.439 e. The lowest BCUT2D eigenvalue weighted by Gasteiger charge is -2.31. The van der Waals surface area contributed by atoms with Crippen LogP contribution < -0.4 is 4.74 Å². The van der Waals surface area contributed by atoms with Crippen molar-refractivity contribution in [3.8, 4) is 22.9 Å². The molecule has 0 aliphatic heterocycles. The third-order valence-electron chi connectivity index (χ3n) is 6.10. The summed E-state index contributed by atoms with van der Waals surface area (Å²) in [6.07, 6.45) is 0.364. The average Bonchev–Trinajstić information content (AvgIpc) is 3.13. The number of aliphatic hydroxyl groups excluding tert-OH is 1. The lowest BCUT2D eigenvalue weighted by molar-refractivity contribution is -0.0593. The topological polar surface area (TPSA) is 59.8 Å². The molecule has 0 spiro atoms. The van der Waals surface area contributed by atoms with Gasteiger partial charge in [-0.2, -0.15) is 5.10 Å². The SMILES string of the molecule is CC[C@@H](C)N(Cc1c(-c2ccccc2)nn(C)c1Oc1ccc(C)cc1)C[C@@H](O)COC(C)(C)C. The first-order valence-corrected chi connectivity index (χ1v) is 12.5. The number of aliphatic hydroxyl groups is 1. The van der Waals surface area contributed by atoms with Crippen molar-refractivity contribution in [2.75, 3.05) is 13.2 Å². The number of aromatic nitrogens is 2. The van der Waals surface area contributed by atoms with Crippen LogP contribution in [0.15, 0.2) is 54.6 Å². The van der Waals surface area contributed by atoms with E-state index in [-0.39, 0.29) is 11.6 Å². The minimum absolute atomic E-state index is 0.260. The molecule has 0 unspecified atom stereocenters. The molecule has 2 aromatic carbocycles. The van der Waals surface area contributed by atoms with Crippen molar-refractivity contribution in [3.63, 3.8) is 0 Å². The molecule has 0 radical (unpaired) electrons. The van der Waals surface area contributed by atoms with Crippen molar-refractivity contribution in [1.82, 2.24) is 14.7 Å². The zero-order valence-corrected chi connectivity index (χ0v) is 22.3. The van der Waals surface area contributed by atoms with Crippen molar-refractivity contribution >= 4 is 0 Å². The lowest BCUT2D eigenvalue weighted by Crippen LogP contribution is -2.41. The van der Waals surface area contributed by atoms with Gasteiger partial charge in [-0.1, -0.05) is 55.0 Å². The highest BCUT2D eigenvalue weighted by Crippen LogP contribution is 2.34. The number of hydrogen-bond donors (Lipinski definition) is 1. The Labute approximate surface area is 210 Å². The molecule has 3 rings (SSSR count). The predicted octanol–water partition coefficient (Wildman–Crippen LogP) is 5.96. The van der Waals surface area contributed by atoms with Crippen molar-refractivity contribution in [2.24, 2.45) is 7.05 Å². The van der Waals surface area contributed by atoms with E-state index < -0.39 is 6.10 Å². The lowest BCUT2D eigenvalue weighted by atomic mass is 10.1. The van der Waals surface area contributed by atoms with Gasteiger partial charge in [0, 0.05) is 31.7 Å². The molecular formula is C29H41N3O3. The van der Waals surface area contributed by atoms with E-state index in [0.717, 1.165) is 29.0 Å². The molecule has 6 heteroatoms. The second-order valence-electron chi connectivity index (χ2n) is 10.3. The van der Waals surface area contributed by atoms with Gasteiger partial charge in [-0.15, -0.1) is 0 Å². The second kappa shape index (κ2) is 11.8. The Morgan fingerprint density at radius 2 is 1.71 bits per heavy atom. The van der Waals surface area contributed by atoms with Gasteiger partial charge in [0.2, 0.25) is 5.88 Å². The van der Waals surface area contributed by atoms with Crippen LogP contribution in [0.5, 0.6) is 11.6 Å². The van der Waals surface area contributed by atoms with Crippen molar-refractivity contribution < 1.29 is 14.6 Å². The first-order valence-electron chi connectivity index (χ1n) is 12.5. The summed E-state index contributed by atoms with van der Waals surface area (Å²) < 4.78 is 14.1. The van der Waals surface area contributed by atoms with Gasteiger partial charge in [0.05, 0.1) is 23.9 Å². The molecule has 0 fully saturated rings. The van der Waals surface area contributed by atoms with Crippen molar-refractivity contribution in [2.45, 2.75) is 72.3 Å². The molecule has 0 saturated carbocycles. The van der Waals surface area contributed by atoms with Gasteiger partial charge in [-0.25, -0.2) is 4.68 Å². The van der Waals surface area contributed by atoms with Crippen molar-refractivity contribution in [3.05, 3.63) is 65.7 Å². The van der Waals surface area contributed by atoms with Gasteiger partial charge in [0.1, 0.15) is 11.4 Å². The predicted molar refractivity (Wildman–Crippen MR) is 142 cm³/mol. The van der Waals surface area contributed by atoms with Crippen LogP contribution in [0.4, 0.5) is 0 Å². The molecule has 6 nitrogen and oxygen atoms in total. The van der Waals surface area contributed by atoms with E-state index in [1.807, 2.05) is 75.0 Å². The maximum atomic E-state index is 10.8. The smallest absolute Gasteiger partial charge is 0.222 e. The fourth-order valence-corrected chi connectivity index (χ4v) is 3.90. The van der Waals surface area contributed by atoms with E-state index in [2.05, 4.69) is 37.8 Å². The van der Waals surface area contributed by atoms with E-state index in [1.165, 1.54) is 5.56 Å². The first-order chi connectivity index (χ1) is 16.6. The highest BCUT2D eigenvalue weighted by Gasteiger charge is 2.26. The molecule has 0 aliphatic carbocycles. The van der Waals surface area contributed by atoms with Crippen LogP contribution in [-0.2, 0) is 18.3 Å². The summed E-state index contributed by atoms with van der Waals surface area (Å²) in [5.41, 5.74) is 3.83. The van der Waals surface area contributed by atoms with E-state index in [4.69, 9.17) is 14.6 Å². The summed E-state index contributed by atoms with van der Waals surface area (Å²) in [6, 6.07) is 18.5. The normalized spacial score (nSPS) is 13.7. The van der Waals surface area contributed by atoms with Crippen molar-refractivity contribution in [1.29, 1.82) is 0 Å². The van der Waals surface area contributed by atoms with Crippen LogP contribution >= 0.6 is 0 Å². The Hall–Kier alpha value is -2.67.